The van der Waals surface area contributed by atoms with Gasteiger partial charge in [-0.2, -0.15) is 10.2 Å². The molecule has 7 nitrogen and oxygen atoms in total. The van der Waals surface area contributed by atoms with Crippen LogP contribution in [-0.4, -0.2) is 15.7 Å². The van der Waals surface area contributed by atoms with Gasteiger partial charge in [0.1, 0.15) is 0 Å². The summed E-state index contributed by atoms with van der Waals surface area (Å²) in [6, 6.07) is 24.7. The van der Waals surface area contributed by atoms with E-state index in [9.17, 15) is 10.1 Å². The minimum absolute atomic E-state index is 0.0446. The number of hydrogen-bond acceptors (Lipinski definition) is 7. The summed E-state index contributed by atoms with van der Waals surface area (Å²) in [6.45, 7) is 3.97. The summed E-state index contributed by atoms with van der Waals surface area (Å²) in [7, 11) is 0. The summed E-state index contributed by atoms with van der Waals surface area (Å²) in [6.07, 6.45) is 0. The van der Waals surface area contributed by atoms with E-state index in [0.29, 0.717) is 0 Å². The minimum Gasteiger partial charge on any atom is -0.258 e. The number of hydrogen-bond donors (Lipinski definition) is 0. The van der Waals surface area contributed by atoms with Crippen LogP contribution < -0.4 is 10.0 Å². The molecule has 0 radical (unpaired) electrons. The number of rotatable bonds is 3. The van der Waals surface area contributed by atoms with Gasteiger partial charge in [-0.05, 0) is 38.1 Å². The molecule has 0 amide bonds. The van der Waals surface area contributed by atoms with E-state index in [4.69, 9.17) is 10.2 Å². The maximum atomic E-state index is 11.2. The molecule has 0 saturated carbocycles. The Morgan fingerprint density at radius 1 is 0.839 bits per heavy atom. The van der Waals surface area contributed by atoms with E-state index >= 15 is 0 Å². The van der Waals surface area contributed by atoms with Gasteiger partial charge in [0.15, 0.2) is 0 Å². The van der Waals surface area contributed by atoms with Gasteiger partial charge >= 0.3 is 0 Å². The average Bonchev–Trinajstić information content (AvgIpc) is 3.14. The van der Waals surface area contributed by atoms with Crippen molar-refractivity contribution in [1.29, 1.82) is 0 Å². The first-order valence-corrected chi connectivity index (χ1v) is 10.6. The minimum atomic E-state index is -0.794. The number of non-ortho nitro benzene ring substituents is 1. The second kappa shape index (κ2) is 7.24. The van der Waals surface area contributed by atoms with Gasteiger partial charge in [0.05, 0.1) is 27.1 Å². The van der Waals surface area contributed by atoms with Crippen LogP contribution in [0.25, 0.3) is 0 Å². The van der Waals surface area contributed by atoms with Crippen molar-refractivity contribution in [3.05, 3.63) is 100 Å². The van der Waals surface area contributed by atoms with E-state index in [1.54, 1.807) is 23.9 Å². The zero-order valence-electron chi connectivity index (χ0n) is 17.0. The molecule has 3 aromatic carbocycles. The van der Waals surface area contributed by atoms with Gasteiger partial charge < -0.3 is 0 Å². The van der Waals surface area contributed by atoms with Crippen molar-refractivity contribution < 1.29 is 4.92 Å². The van der Waals surface area contributed by atoms with Crippen LogP contribution in [0.3, 0.4) is 0 Å². The standard InChI is InChI=1S/C23H19N5O2S/c1-16-21-10-6-7-11-22(21)23(26(24-16)18-8-4-3-5-9-18)27(25-17(2)31-23)19-12-14-20(15-13-19)28(29)30/h3-15H,1-2H3. The van der Waals surface area contributed by atoms with Crippen molar-refractivity contribution in [3.8, 4) is 0 Å². The van der Waals surface area contributed by atoms with Crippen LogP contribution in [0.4, 0.5) is 17.1 Å². The Morgan fingerprint density at radius 3 is 2.16 bits per heavy atom. The van der Waals surface area contributed by atoms with Gasteiger partial charge in [-0.3, -0.25) is 10.1 Å². The molecule has 1 atom stereocenters. The lowest BCUT2D eigenvalue weighted by atomic mass is 9.98. The summed E-state index contributed by atoms with van der Waals surface area (Å²) in [5.41, 5.74) is 4.76. The molecule has 1 spiro atoms. The molecule has 2 aliphatic heterocycles. The van der Waals surface area contributed by atoms with Gasteiger partial charge in [-0.25, -0.2) is 10.0 Å². The summed E-state index contributed by atoms with van der Waals surface area (Å²) in [5.74, 6) is 0. The second-order valence-corrected chi connectivity index (χ2v) is 8.66. The van der Waals surface area contributed by atoms with E-state index in [0.717, 1.165) is 33.3 Å². The highest BCUT2D eigenvalue weighted by Crippen LogP contribution is 2.54. The van der Waals surface area contributed by atoms with Crippen molar-refractivity contribution >= 4 is 39.6 Å². The number of fused-ring (bicyclic) bond motifs is 2. The molecule has 0 fully saturated rings. The summed E-state index contributed by atoms with van der Waals surface area (Å²) >= 11 is 1.61. The van der Waals surface area contributed by atoms with Gasteiger partial charge in [0.2, 0.25) is 4.99 Å². The third-order valence-corrected chi connectivity index (χ3v) is 6.56. The zero-order valence-corrected chi connectivity index (χ0v) is 17.8. The largest absolute Gasteiger partial charge is 0.269 e. The van der Waals surface area contributed by atoms with Crippen molar-refractivity contribution in [2.45, 2.75) is 18.8 Å². The fourth-order valence-electron chi connectivity index (χ4n) is 4.00. The van der Waals surface area contributed by atoms with Gasteiger partial charge in [0.25, 0.3) is 5.69 Å². The quantitative estimate of drug-likeness (QED) is 0.404. The van der Waals surface area contributed by atoms with E-state index in [1.807, 2.05) is 66.3 Å². The van der Waals surface area contributed by atoms with Crippen LogP contribution >= 0.6 is 11.8 Å². The fraction of sp³-hybridized carbons (Fsp3) is 0.130. The molecule has 0 saturated heterocycles. The van der Waals surface area contributed by atoms with Crippen molar-refractivity contribution in [1.82, 2.24) is 0 Å². The Hall–Kier alpha value is -3.65. The Morgan fingerprint density at radius 2 is 1.45 bits per heavy atom. The number of anilines is 2. The number of nitrogens with zero attached hydrogens (tertiary/aromatic N) is 5. The highest BCUT2D eigenvalue weighted by molar-refractivity contribution is 8.15. The molecule has 2 heterocycles. The first-order valence-electron chi connectivity index (χ1n) is 9.80. The zero-order chi connectivity index (χ0) is 21.6. The lowest BCUT2D eigenvalue weighted by Gasteiger charge is -2.46. The molecule has 3 aromatic rings. The predicted octanol–water partition coefficient (Wildman–Crippen LogP) is 5.54. The summed E-state index contributed by atoms with van der Waals surface area (Å²) < 4.78 is 0. The Labute approximate surface area is 183 Å². The smallest absolute Gasteiger partial charge is 0.258 e. The predicted molar refractivity (Wildman–Crippen MR) is 126 cm³/mol. The Bertz CT molecular complexity index is 1230. The number of para-hydroxylation sites is 1. The number of hydrazone groups is 2. The first kappa shape index (κ1) is 19.3. The van der Waals surface area contributed by atoms with E-state index in [1.165, 1.54) is 12.1 Å². The molecule has 0 N–H and O–H groups in total. The van der Waals surface area contributed by atoms with Gasteiger partial charge in [0, 0.05) is 23.3 Å². The van der Waals surface area contributed by atoms with Crippen LogP contribution in [0.15, 0.2) is 89.1 Å². The molecule has 1 unspecified atom stereocenters. The number of benzene rings is 3. The summed E-state index contributed by atoms with van der Waals surface area (Å²) in [5, 5.41) is 25.8. The number of nitro benzene ring substituents is 1. The first-order chi connectivity index (χ1) is 15.0. The normalized spacial score (nSPS) is 19.8. The Kier molecular flexibility index (Phi) is 4.51. The van der Waals surface area contributed by atoms with Gasteiger partial charge in [-0.1, -0.05) is 54.2 Å². The fourth-order valence-corrected chi connectivity index (χ4v) is 5.29. The monoisotopic (exact) mass is 429 g/mol. The molecule has 0 aliphatic carbocycles. The topological polar surface area (TPSA) is 74.3 Å². The van der Waals surface area contributed by atoms with E-state index in [-0.39, 0.29) is 5.69 Å². The molecule has 5 rings (SSSR count). The third-order valence-electron chi connectivity index (χ3n) is 5.33. The van der Waals surface area contributed by atoms with E-state index < -0.39 is 9.92 Å². The van der Waals surface area contributed by atoms with Crippen molar-refractivity contribution in [2.24, 2.45) is 10.2 Å². The molecule has 31 heavy (non-hydrogen) atoms. The van der Waals surface area contributed by atoms with Crippen molar-refractivity contribution in [3.63, 3.8) is 0 Å². The molecule has 0 bridgehead atoms. The SMILES string of the molecule is CC1=NN(c2ccc([N+](=O)[O-])cc2)C2(S1)c1ccccc1C(C)=NN2c1ccccc1. The van der Waals surface area contributed by atoms with Crippen LogP contribution in [-0.2, 0) is 4.99 Å². The highest BCUT2D eigenvalue weighted by atomic mass is 32.2. The molecule has 154 valence electrons. The molecular weight excluding hydrogens is 410 g/mol. The van der Waals surface area contributed by atoms with Crippen LogP contribution in [0.2, 0.25) is 0 Å². The number of nitro groups is 1. The molecule has 2 aliphatic rings. The lowest BCUT2D eigenvalue weighted by Crippen LogP contribution is -2.53. The van der Waals surface area contributed by atoms with Crippen LogP contribution in [0.5, 0.6) is 0 Å². The van der Waals surface area contributed by atoms with Crippen molar-refractivity contribution in [2.75, 3.05) is 10.0 Å². The Balaban J connectivity index is 1.75. The maximum absolute atomic E-state index is 11.2. The van der Waals surface area contributed by atoms with E-state index in [2.05, 4.69) is 12.1 Å². The lowest BCUT2D eigenvalue weighted by molar-refractivity contribution is -0.384. The number of thioether (sulfide) groups is 1. The molecule has 8 heteroatoms. The molecular formula is C23H19N5O2S. The van der Waals surface area contributed by atoms with Crippen LogP contribution in [0, 0.1) is 10.1 Å². The molecule has 0 aromatic heterocycles. The summed E-state index contributed by atoms with van der Waals surface area (Å²) in [4.78, 5) is 9.96. The third kappa shape index (κ3) is 2.98. The highest BCUT2D eigenvalue weighted by Gasteiger charge is 2.54. The maximum Gasteiger partial charge on any atom is 0.269 e. The average molecular weight is 430 g/mol. The second-order valence-electron chi connectivity index (χ2n) is 7.29. The van der Waals surface area contributed by atoms with Gasteiger partial charge in [-0.15, -0.1) is 0 Å². The van der Waals surface area contributed by atoms with Crippen LogP contribution in [0.1, 0.15) is 25.0 Å².